The molecule has 3 aromatic carbocycles. The highest BCUT2D eigenvalue weighted by Crippen LogP contribution is 2.44. The number of ether oxygens (including phenoxy) is 3. The quantitative estimate of drug-likeness (QED) is 0.253. The number of hydrogen-bond acceptors (Lipinski definition) is 6. The monoisotopic (exact) mass is 501 g/mol. The van der Waals surface area contributed by atoms with E-state index in [1.807, 2.05) is 64.1 Å². The molecule has 7 nitrogen and oxygen atoms in total. The van der Waals surface area contributed by atoms with Crippen LogP contribution in [0.4, 0.5) is 5.69 Å². The number of rotatable bonds is 7. The zero-order chi connectivity index (χ0) is 26.9. The Morgan fingerprint density at radius 3 is 2.19 bits per heavy atom. The van der Waals surface area contributed by atoms with Crippen LogP contribution >= 0.6 is 0 Å². The van der Waals surface area contributed by atoms with E-state index in [-0.39, 0.29) is 17.4 Å². The Hall–Kier alpha value is -4.26. The van der Waals surface area contributed by atoms with Gasteiger partial charge in [-0.1, -0.05) is 18.2 Å². The zero-order valence-corrected chi connectivity index (χ0v) is 21.9. The van der Waals surface area contributed by atoms with Gasteiger partial charge in [0, 0.05) is 11.3 Å². The summed E-state index contributed by atoms with van der Waals surface area (Å²) in [5, 5.41) is 11.5. The summed E-state index contributed by atoms with van der Waals surface area (Å²) in [4.78, 5) is 28.4. The predicted molar refractivity (Wildman–Crippen MR) is 142 cm³/mol. The topological polar surface area (TPSA) is 85.3 Å². The van der Waals surface area contributed by atoms with E-state index in [2.05, 4.69) is 0 Å². The van der Waals surface area contributed by atoms with Crippen molar-refractivity contribution in [1.82, 2.24) is 0 Å². The second-order valence-electron chi connectivity index (χ2n) is 9.32. The summed E-state index contributed by atoms with van der Waals surface area (Å²) < 4.78 is 16.6. The number of benzene rings is 3. The van der Waals surface area contributed by atoms with Gasteiger partial charge in [0.1, 0.15) is 11.5 Å². The summed E-state index contributed by atoms with van der Waals surface area (Å²) in [6, 6.07) is 16.9. The number of nitrogens with zero attached hydrogens (tertiary/aromatic N) is 1. The first-order valence-electron chi connectivity index (χ1n) is 12.0. The molecule has 1 N–H and O–H groups in total. The van der Waals surface area contributed by atoms with Gasteiger partial charge in [0.05, 0.1) is 31.9 Å². The van der Waals surface area contributed by atoms with Gasteiger partial charge < -0.3 is 19.3 Å². The van der Waals surface area contributed by atoms with E-state index in [1.54, 1.807) is 24.3 Å². The number of ketones is 1. The minimum Gasteiger partial charge on any atom is -0.507 e. The van der Waals surface area contributed by atoms with E-state index in [9.17, 15) is 14.7 Å². The van der Waals surface area contributed by atoms with Gasteiger partial charge in [0.2, 0.25) is 0 Å². The maximum atomic E-state index is 13.5. The molecule has 1 aliphatic rings. The Bertz CT molecular complexity index is 1370. The van der Waals surface area contributed by atoms with Crippen LogP contribution in [0.3, 0.4) is 0 Å². The second-order valence-corrected chi connectivity index (χ2v) is 9.32. The molecule has 3 aromatic rings. The van der Waals surface area contributed by atoms with Gasteiger partial charge in [-0.3, -0.25) is 14.5 Å². The Labute approximate surface area is 216 Å². The Kier molecular flexibility index (Phi) is 7.25. The molecule has 0 spiro atoms. The van der Waals surface area contributed by atoms with E-state index in [1.165, 1.54) is 19.1 Å². The molecule has 192 valence electrons. The van der Waals surface area contributed by atoms with Gasteiger partial charge in [0.15, 0.2) is 11.5 Å². The summed E-state index contributed by atoms with van der Waals surface area (Å²) >= 11 is 0. The molecule has 0 saturated carbocycles. The number of Topliss-reactive ketones (excluding diaryl/α,β-unsaturated/α-hetero) is 1. The second kappa shape index (κ2) is 10.4. The van der Waals surface area contributed by atoms with Gasteiger partial charge in [-0.2, -0.15) is 0 Å². The Morgan fingerprint density at radius 2 is 1.57 bits per heavy atom. The van der Waals surface area contributed by atoms with Crippen LogP contribution in [0.15, 0.2) is 66.2 Å². The first-order valence-corrected chi connectivity index (χ1v) is 12.0. The van der Waals surface area contributed by atoms with E-state index in [0.717, 1.165) is 11.1 Å². The molecule has 1 amide bonds. The molecule has 0 aromatic heterocycles. The molecule has 4 rings (SSSR count). The molecule has 1 saturated heterocycles. The summed E-state index contributed by atoms with van der Waals surface area (Å²) in [7, 11) is 3.00. The number of aliphatic hydroxyl groups excluding tert-OH is 1. The average molecular weight is 502 g/mol. The van der Waals surface area contributed by atoms with Crippen molar-refractivity contribution < 1.29 is 28.9 Å². The molecular formula is C30H31NO6. The van der Waals surface area contributed by atoms with Crippen molar-refractivity contribution in [2.24, 2.45) is 0 Å². The third-order valence-corrected chi connectivity index (χ3v) is 6.13. The van der Waals surface area contributed by atoms with Crippen LogP contribution < -0.4 is 19.1 Å². The number of anilines is 1. The number of aryl methyl sites for hydroxylation is 2. The fourth-order valence-corrected chi connectivity index (χ4v) is 4.67. The lowest BCUT2D eigenvalue weighted by Crippen LogP contribution is -2.29. The molecule has 1 aliphatic heterocycles. The standard InChI is InChI=1S/C30H31NO6/c1-17(2)37-23-9-7-8-20(15-23)27-26(28(32)21-10-11-24(35-5)25(16-21)36-6)29(33)30(34)31(27)22-13-18(3)12-19(4)14-22/h7-17,27,32H,1-6H3/b28-26+. The maximum absolute atomic E-state index is 13.5. The first kappa shape index (κ1) is 25.8. The lowest BCUT2D eigenvalue weighted by Gasteiger charge is -2.26. The van der Waals surface area contributed by atoms with Crippen molar-refractivity contribution in [2.75, 3.05) is 19.1 Å². The average Bonchev–Trinajstić information content (AvgIpc) is 3.12. The number of methoxy groups -OCH3 is 2. The highest BCUT2D eigenvalue weighted by Gasteiger charge is 2.47. The van der Waals surface area contributed by atoms with Crippen LogP contribution in [0, 0.1) is 13.8 Å². The molecule has 1 fully saturated rings. The molecule has 0 radical (unpaired) electrons. The van der Waals surface area contributed by atoms with Crippen LogP contribution in [0.2, 0.25) is 0 Å². The number of hydrogen-bond donors (Lipinski definition) is 1. The first-order chi connectivity index (χ1) is 17.6. The van der Waals surface area contributed by atoms with Crippen molar-refractivity contribution in [3.63, 3.8) is 0 Å². The smallest absolute Gasteiger partial charge is 0.300 e. The number of amides is 1. The Balaban J connectivity index is 1.96. The molecule has 1 unspecified atom stereocenters. The van der Waals surface area contributed by atoms with Crippen molar-refractivity contribution in [3.05, 3.63) is 88.5 Å². The van der Waals surface area contributed by atoms with Crippen molar-refractivity contribution in [3.8, 4) is 17.2 Å². The molecule has 0 bridgehead atoms. The van der Waals surface area contributed by atoms with E-state index < -0.39 is 17.7 Å². The summed E-state index contributed by atoms with van der Waals surface area (Å²) in [5.41, 5.74) is 3.43. The zero-order valence-electron chi connectivity index (χ0n) is 21.9. The molecule has 0 aliphatic carbocycles. The molecule has 7 heteroatoms. The van der Waals surface area contributed by atoms with Gasteiger partial charge in [-0.05, 0) is 86.8 Å². The lowest BCUT2D eigenvalue weighted by atomic mass is 9.94. The SMILES string of the molecule is COc1ccc(/C(O)=C2\C(=O)C(=O)N(c3cc(C)cc(C)c3)C2c2cccc(OC(C)C)c2)cc1OC. The third-order valence-electron chi connectivity index (χ3n) is 6.13. The van der Waals surface area contributed by atoms with Gasteiger partial charge in [0.25, 0.3) is 11.7 Å². The fourth-order valence-electron chi connectivity index (χ4n) is 4.67. The van der Waals surface area contributed by atoms with Crippen LogP contribution in [-0.4, -0.2) is 37.1 Å². The fraction of sp³-hybridized carbons (Fsp3) is 0.267. The van der Waals surface area contributed by atoms with E-state index in [0.29, 0.717) is 34.1 Å². The van der Waals surface area contributed by atoms with Crippen molar-refractivity contribution in [1.29, 1.82) is 0 Å². The predicted octanol–water partition coefficient (Wildman–Crippen LogP) is 5.73. The summed E-state index contributed by atoms with van der Waals surface area (Å²) in [6.45, 7) is 7.71. The summed E-state index contributed by atoms with van der Waals surface area (Å²) in [6.07, 6.45) is -0.0622. The van der Waals surface area contributed by atoms with Gasteiger partial charge >= 0.3 is 0 Å². The summed E-state index contributed by atoms with van der Waals surface area (Å²) in [5.74, 6) is -0.321. The minimum absolute atomic E-state index is 0.0157. The third kappa shape index (κ3) is 5.03. The highest BCUT2D eigenvalue weighted by atomic mass is 16.5. The number of carbonyl (C=O) groups excluding carboxylic acids is 2. The van der Waals surface area contributed by atoms with Crippen molar-refractivity contribution >= 4 is 23.1 Å². The van der Waals surface area contributed by atoms with Crippen LogP contribution in [-0.2, 0) is 9.59 Å². The number of aliphatic hydroxyl groups is 1. The largest absolute Gasteiger partial charge is 0.507 e. The molecular weight excluding hydrogens is 470 g/mol. The minimum atomic E-state index is -0.870. The maximum Gasteiger partial charge on any atom is 0.300 e. The van der Waals surface area contributed by atoms with Gasteiger partial charge in [-0.25, -0.2) is 0 Å². The normalized spacial score (nSPS) is 16.8. The van der Waals surface area contributed by atoms with Crippen LogP contribution in [0.5, 0.6) is 17.2 Å². The number of carbonyl (C=O) groups is 2. The van der Waals surface area contributed by atoms with Gasteiger partial charge in [-0.15, -0.1) is 0 Å². The van der Waals surface area contributed by atoms with Crippen LogP contribution in [0.1, 0.15) is 42.1 Å². The lowest BCUT2D eigenvalue weighted by molar-refractivity contribution is -0.132. The van der Waals surface area contributed by atoms with Crippen molar-refractivity contribution in [2.45, 2.75) is 39.8 Å². The molecule has 37 heavy (non-hydrogen) atoms. The molecule has 1 atom stereocenters. The van der Waals surface area contributed by atoms with E-state index >= 15 is 0 Å². The molecule has 1 heterocycles. The highest BCUT2D eigenvalue weighted by molar-refractivity contribution is 6.51. The van der Waals surface area contributed by atoms with E-state index in [4.69, 9.17) is 14.2 Å². The van der Waals surface area contributed by atoms with Crippen LogP contribution in [0.25, 0.3) is 5.76 Å². The Morgan fingerprint density at radius 1 is 0.892 bits per heavy atom.